The number of nitrogen functional groups attached to an aromatic ring is 1. The molecule has 0 bridgehead atoms. The number of ether oxygens (including phenoxy) is 1. The molecular weight excluding hydrogens is 546 g/mol. The third-order valence-electron chi connectivity index (χ3n) is 5.90. The van der Waals surface area contributed by atoms with Crippen LogP contribution in [-0.4, -0.2) is 36.1 Å². The molecule has 2 aromatic heterocycles. The van der Waals surface area contributed by atoms with Gasteiger partial charge in [-0.1, -0.05) is 17.0 Å². The van der Waals surface area contributed by atoms with E-state index < -0.39 is 27.6 Å². The Labute approximate surface area is 226 Å². The minimum absolute atomic E-state index is 0.0554. The first-order chi connectivity index (χ1) is 19.1. The number of carbonyl (C=O) groups excluding carboxylic acids is 1. The monoisotopic (exact) mass is 568 g/mol. The van der Waals surface area contributed by atoms with E-state index in [1.54, 1.807) is 42.1 Å². The maximum absolute atomic E-state index is 14.5. The molecule has 5 N–H and O–H groups in total. The van der Waals surface area contributed by atoms with E-state index in [0.29, 0.717) is 27.9 Å². The second-order valence-corrected chi connectivity index (χ2v) is 10.0. The molecule has 0 atom stereocenters. The predicted molar refractivity (Wildman–Crippen MR) is 144 cm³/mol. The summed E-state index contributed by atoms with van der Waals surface area (Å²) in [6.45, 7) is 1.78. The number of ketones is 1. The van der Waals surface area contributed by atoms with E-state index in [1.165, 1.54) is 35.1 Å². The third-order valence-corrected chi connectivity index (χ3v) is 6.78. The summed E-state index contributed by atoms with van der Waals surface area (Å²) in [6.07, 6.45) is 1.31. The molecule has 206 valence electrons. The van der Waals surface area contributed by atoms with Crippen molar-refractivity contribution >= 4 is 38.4 Å². The molecule has 14 heteroatoms. The highest BCUT2D eigenvalue weighted by Gasteiger charge is 2.22. The fourth-order valence-electron chi connectivity index (χ4n) is 4.08. The average Bonchev–Trinajstić information content (AvgIpc) is 3.48. The molecule has 3 aromatic carbocycles. The number of fused-ring (bicyclic) bond motifs is 1. The fourth-order valence-corrected chi connectivity index (χ4v) is 4.79. The average molecular weight is 569 g/mol. The molecule has 0 aliphatic carbocycles. The van der Waals surface area contributed by atoms with Gasteiger partial charge in [0, 0.05) is 10.9 Å². The van der Waals surface area contributed by atoms with Crippen LogP contribution < -0.4 is 20.1 Å². The number of aromatic amines is 1. The SMILES string of the molecule is CONS(=O)(=O)Nc1cc2[nH]c(C(=O)c3cnn(-c4ccc(Oc5ccccc5F)cc4C)c3N)cc2cc1F. The summed E-state index contributed by atoms with van der Waals surface area (Å²) in [4.78, 5) is 22.2. The maximum Gasteiger partial charge on any atom is 0.321 e. The van der Waals surface area contributed by atoms with E-state index in [-0.39, 0.29) is 28.5 Å². The minimum Gasteiger partial charge on any atom is -0.454 e. The molecule has 11 nitrogen and oxygen atoms in total. The van der Waals surface area contributed by atoms with Crippen LogP contribution in [0.5, 0.6) is 11.5 Å². The Kier molecular flexibility index (Phi) is 6.97. The Morgan fingerprint density at radius 1 is 1.07 bits per heavy atom. The summed E-state index contributed by atoms with van der Waals surface area (Å²) < 4.78 is 61.2. The van der Waals surface area contributed by atoms with E-state index in [0.717, 1.165) is 13.2 Å². The van der Waals surface area contributed by atoms with E-state index >= 15 is 0 Å². The van der Waals surface area contributed by atoms with Crippen LogP contribution in [-0.2, 0) is 15.0 Å². The summed E-state index contributed by atoms with van der Waals surface area (Å²) in [5.41, 5.74) is 7.67. The molecule has 5 aromatic rings. The van der Waals surface area contributed by atoms with Gasteiger partial charge in [0.25, 0.3) is 0 Å². The first-order valence-electron chi connectivity index (χ1n) is 11.6. The lowest BCUT2D eigenvalue weighted by molar-refractivity contribution is 0.103. The number of nitrogens with two attached hydrogens (primary N) is 1. The number of nitrogens with one attached hydrogen (secondary N) is 3. The van der Waals surface area contributed by atoms with Gasteiger partial charge < -0.3 is 15.5 Å². The molecule has 0 aliphatic heterocycles. The molecule has 0 spiro atoms. The highest BCUT2D eigenvalue weighted by atomic mass is 32.2. The summed E-state index contributed by atoms with van der Waals surface area (Å²) in [6, 6.07) is 14.7. The molecule has 0 amide bonds. The normalized spacial score (nSPS) is 11.6. The number of rotatable bonds is 9. The van der Waals surface area contributed by atoms with Crippen LogP contribution in [0.2, 0.25) is 0 Å². The number of hydrogen-bond acceptors (Lipinski definition) is 7. The first kappa shape index (κ1) is 26.8. The Morgan fingerprint density at radius 3 is 2.58 bits per heavy atom. The van der Waals surface area contributed by atoms with Gasteiger partial charge in [-0.05, 0) is 61.0 Å². The van der Waals surface area contributed by atoms with E-state index in [9.17, 15) is 22.0 Å². The van der Waals surface area contributed by atoms with Crippen molar-refractivity contribution in [3.63, 3.8) is 0 Å². The summed E-state index contributed by atoms with van der Waals surface area (Å²) in [5.74, 6) is -1.34. The summed E-state index contributed by atoms with van der Waals surface area (Å²) >= 11 is 0. The number of H-pyrrole nitrogens is 1. The van der Waals surface area contributed by atoms with Crippen molar-refractivity contribution in [1.82, 2.24) is 19.6 Å². The van der Waals surface area contributed by atoms with Crippen LogP contribution in [0.1, 0.15) is 21.6 Å². The molecule has 0 radical (unpaired) electrons. The lowest BCUT2D eigenvalue weighted by Crippen LogP contribution is -2.29. The molecule has 0 saturated carbocycles. The van der Waals surface area contributed by atoms with Gasteiger partial charge in [-0.3, -0.25) is 14.4 Å². The molecular formula is C26H22F2N6O5S. The van der Waals surface area contributed by atoms with Crippen LogP contribution in [0, 0.1) is 18.6 Å². The van der Waals surface area contributed by atoms with Gasteiger partial charge >= 0.3 is 10.2 Å². The Bertz CT molecular complexity index is 1870. The van der Waals surface area contributed by atoms with Crippen molar-refractivity contribution in [1.29, 1.82) is 0 Å². The quantitative estimate of drug-likeness (QED) is 0.152. The number of para-hydroxylation sites is 1. The highest BCUT2D eigenvalue weighted by Crippen LogP contribution is 2.30. The van der Waals surface area contributed by atoms with Gasteiger partial charge in [0.2, 0.25) is 5.78 Å². The van der Waals surface area contributed by atoms with Gasteiger partial charge in [-0.15, -0.1) is 0 Å². The maximum atomic E-state index is 14.5. The highest BCUT2D eigenvalue weighted by molar-refractivity contribution is 7.90. The minimum atomic E-state index is -4.18. The van der Waals surface area contributed by atoms with Crippen molar-refractivity contribution in [2.24, 2.45) is 0 Å². The largest absolute Gasteiger partial charge is 0.454 e. The standard InChI is InChI=1S/C26H22F2N6O5S/c1-14-9-16(39-24-6-4-3-5-18(24)27)7-8-23(14)34-26(29)17(13-30-34)25(35)22-11-15-10-19(28)21(12-20(15)31-22)32-40(36,37)33-38-2/h3-13,31-33H,29H2,1-2H3. The summed E-state index contributed by atoms with van der Waals surface area (Å²) in [7, 11) is -3.09. The molecule has 0 aliphatic rings. The second kappa shape index (κ2) is 10.4. The van der Waals surface area contributed by atoms with Crippen molar-refractivity contribution in [3.8, 4) is 17.2 Å². The van der Waals surface area contributed by atoms with E-state index in [4.69, 9.17) is 10.5 Å². The van der Waals surface area contributed by atoms with Crippen LogP contribution >= 0.6 is 0 Å². The van der Waals surface area contributed by atoms with Crippen LogP contribution in [0.15, 0.2) is 66.9 Å². The molecule has 0 unspecified atom stereocenters. The van der Waals surface area contributed by atoms with Crippen LogP contribution in [0.4, 0.5) is 20.3 Å². The Hall–Kier alpha value is -4.79. The number of aromatic nitrogens is 3. The molecule has 5 rings (SSSR count). The molecule has 40 heavy (non-hydrogen) atoms. The van der Waals surface area contributed by atoms with Gasteiger partial charge in [0.05, 0.1) is 35.9 Å². The first-order valence-corrected chi connectivity index (χ1v) is 13.1. The molecule has 0 fully saturated rings. The van der Waals surface area contributed by atoms with Crippen molar-refractivity contribution in [2.45, 2.75) is 6.92 Å². The number of aryl methyl sites for hydroxylation is 1. The van der Waals surface area contributed by atoms with Gasteiger partial charge in [0.1, 0.15) is 17.4 Å². The van der Waals surface area contributed by atoms with E-state index in [2.05, 4.69) is 14.9 Å². The van der Waals surface area contributed by atoms with E-state index in [1.807, 2.05) is 4.72 Å². The number of benzene rings is 3. The van der Waals surface area contributed by atoms with Crippen LogP contribution in [0.3, 0.4) is 0 Å². The number of nitrogens with zero attached hydrogens (tertiary/aromatic N) is 2. The second-order valence-electron chi connectivity index (χ2n) is 8.66. The lowest BCUT2D eigenvalue weighted by Gasteiger charge is -2.12. The van der Waals surface area contributed by atoms with Crippen molar-refractivity contribution < 1.29 is 31.6 Å². The zero-order chi connectivity index (χ0) is 28.6. The molecule has 2 heterocycles. The van der Waals surface area contributed by atoms with Gasteiger partial charge in [0.15, 0.2) is 11.6 Å². The smallest absolute Gasteiger partial charge is 0.321 e. The summed E-state index contributed by atoms with van der Waals surface area (Å²) in [5, 5.41) is 4.59. The predicted octanol–water partition coefficient (Wildman–Crippen LogP) is 4.35. The van der Waals surface area contributed by atoms with Gasteiger partial charge in [-0.2, -0.15) is 13.5 Å². The third kappa shape index (κ3) is 5.22. The van der Waals surface area contributed by atoms with Crippen molar-refractivity contribution in [3.05, 3.63) is 95.3 Å². The zero-order valence-corrected chi connectivity index (χ0v) is 21.8. The number of hydrogen-bond donors (Lipinski definition) is 4. The van der Waals surface area contributed by atoms with Gasteiger partial charge in [-0.25, -0.2) is 13.5 Å². The zero-order valence-electron chi connectivity index (χ0n) is 21.0. The number of carbonyl (C=O) groups is 1. The number of halogens is 2. The van der Waals surface area contributed by atoms with Crippen molar-refractivity contribution in [2.75, 3.05) is 17.6 Å². The lowest BCUT2D eigenvalue weighted by atomic mass is 10.1. The fraction of sp³-hybridized carbons (Fsp3) is 0.0769. The topological polar surface area (TPSA) is 153 Å². The van der Waals surface area contributed by atoms with Crippen LogP contribution in [0.25, 0.3) is 16.6 Å². The number of anilines is 2. The Morgan fingerprint density at radius 2 is 1.85 bits per heavy atom. The Balaban J connectivity index is 1.41. The molecule has 0 saturated heterocycles.